The van der Waals surface area contributed by atoms with E-state index >= 15 is 0 Å². The summed E-state index contributed by atoms with van der Waals surface area (Å²) in [6, 6.07) is 12.2. The molecule has 3 rings (SSSR count). The summed E-state index contributed by atoms with van der Waals surface area (Å²) < 4.78 is 0. The number of anilines is 2. The van der Waals surface area contributed by atoms with Crippen molar-refractivity contribution in [2.75, 3.05) is 30.8 Å². The highest BCUT2D eigenvalue weighted by Crippen LogP contribution is 2.35. The fraction of sp³-hybridized carbons (Fsp3) is 0.421. The topological polar surface area (TPSA) is 88.5 Å². The summed E-state index contributed by atoms with van der Waals surface area (Å²) in [4.78, 5) is 19.3. The van der Waals surface area contributed by atoms with E-state index in [2.05, 4.69) is 41.1 Å². The van der Waals surface area contributed by atoms with Gasteiger partial charge in [0.25, 0.3) is 0 Å². The molecular weight excluding hydrogens is 330 g/mol. The molecule has 2 N–H and O–H groups in total. The molecule has 7 heteroatoms. The van der Waals surface area contributed by atoms with Crippen LogP contribution in [0.3, 0.4) is 0 Å². The van der Waals surface area contributed by atoms with Gasteiger partial charge in [-0.05, 0) is 30.5 Å². The number of aromatic nitrogens is 1. The third-order valence-electron chi connectivity index (χ3n) is 5.24. The lowest BCUT2D eigenvalue weighted by Crippen LogP contribution is -2.50. The first-order chi connectivity index (χ1) is 12.5. The first kappa shape index (κ1) is 18.1. The Bertz CT molecular complexity index is 768. The normalized spacial score (nSPS) is 20.7. The van der Waals surface area contributed by atoms with Crippen LogP contribution < -0.4 is 10.6 Å². The number of likely N-dealkylation sites (N-methyl/N-ethyl adjacent to an activating group) is 1. The third kappa shape index (κ3) is 3.77. The molecular formula is C19H25N5O2. The first-order valence-corrected chi connectivity index (χ1v) is 8.85. The monoisotopic (exact) mass is 355 g/mol. The van der Waals surface area contributed by atoms with Gasteiger partial charge in [0.2, 0.25) is 5.82 Å². The van der Waals surface area contributed by atoms with Crippen LogP contribution >= 0.6 is 0 Å². The molecule has 0 unspecified atom stereocenters. The first-order valence-electron chi connectivity index (χ1n) is 8.85. The fourth-order valence-corrected chi connectivity index (χ4v) is 3.71. The molecule has 0 saturated carbocycles. The predicted octanol–water partition coefficient (Wildman–Crippen LogP) is 2.92. The van der Waals surface area contributed by atoms with Gasteiger partial charge >= 0.3 is 5.69 Å². The van der Waals surface area contributed by atoms with Crippen LogP contribution in [0.2, 0.25) is 0 Å². The number of nitrogens with two attached hydrogens (primary N) is 1. The van der Waals surface area contributed by atoms with Crippen LogP contribution in [-0.4, -0.2) is 41.0 Å². The van der Waals surface area contributed by atoms with E-state index in [-0.39, 0.29) is 17.5 Å². The average molecular weight is 355 g/mol. The number of piperidine rings is 1. The van der Waals surface area contributed by atoms with E-state index in [0.717, 1.165) is 26.1 Å². The molecule has 1 aliphatic heterocycles. The van der Waals surface area contributed by atoms with Crippen molar-refractivity contribution < 1.29 is 4.92 Å². The summed E-state index contributed by atoms with van der Waals surface area (Å²) in [7, 11) is 1.91. The molecule has 0 amide bonds. The molecule has 2 heterocycles. The van der Waals surface area contributed by atoms with Crippen molar-refractivity contribution in [3.8, 4) is 0 Å². The number of hydrogen-bond acceptors (Lipinski definition) is 6. The van der Waals surface area contributed by atoms with Gasteiger partial charge in [0.1, 0.15) is 5.69 Å². The quantitative estimate of drug-likeness (QED) is 0.655. The number of benzene rings is 1. The second kappa shape index (κ2) is 7.70. The highest BCUT2D eigenvalue weighted by Gasteiger charge is 2.33. The zero-order chi connectivity index (χ0) is 18.7. The Morgan fingerprint density at radius 3 is 2.77 bits per heavy atom. The molecule has 1 aromatic carbocycles. The summed E-state index contributed by atoms with van der Waals surface area (Å²) in [5.41, 5.74) is 7.46. The van der Waals surface area contributed by atoms with E-state index in [1.54, 1.807) is 6.07 Å². The van der Waals surface area contributed by atoms with Crippen LogP contribution in [-0.2, 0) is 6.54 Å². The van der Waals surface area contributed by atoms with E-state index < -0.39 is 4.92 Å². The van der Waals surface area contributed by atoms with Crippen molar-refractivity contribution in [2.24, 2.45) is 5.92 Å². The van der Waals surface area contributed by atoms with Gasteiger partial charge in [0.05, 0.1) is 4.92 Å². The van der Waals surface area contributed by atoms with Crippen LogP contribution in [0.1, 0.15) is 18.9 Å². The van der Waals surface area contributed by atoms with Gasteiger partial charge in [-0.25, -0.2) is 4.98 Å². The molecule has 1 fully saturated rings. The van der Waals surface area contributed by atoms with E-state index in [0.29, 0.717) is 11.6 Å². The van der Waals surface area contributed by atoms with Crippen LogP contribution in [0.5, 0.6) is 0 Å². The van der Waals surface area contributed by atoms with Crippen molar-refractivity contribution in [3.63, 3.8) is 0 Å². The number of nitrogens with zero attached hydrogens (tertiary/aromatic N) is 4. The second-order valence-electron chi connectivity index (χ2n) is 6.99. The Kier molecular flexibility index (Phi) is 5.37. The van der Waals surface area contributed by atoms with Crippen LogP contribution in [0, 0.1) is 16.0 Å². The molecule has 7 nitrogen and oxygen atoms in total. The lowest BCUT2D eigenvalue weighted by molar-refractivity contribution is -0.383. The minimum Gasteiger partial charge on any atom is -0.378 e. The van der Waals surface area contributed by atoms with Gasteiger partial charge in [-0.15, -0.1) is 0 Å². The van der Waals surface area contributed by atoms with Crippen LogP contribution in [0.25, 0.3) is 0 Å². The van der Waals surface area contributed by atoms with Crippen molar-refractivity contribution in [2.45, 2.75) is 25.9 Å². The van der Waals surface area contributed by atoms with E-state index in [1.807, 2.05) is 18.0 Å². The smallest absolute Gasteiger partial charge is 0.334 e. The fourth-order valence-electron chi connectivity index (χ4n) is 3.71. The lowest BCUT2D eigenvalue weighted by Gasteiger charge is -2.42. The van der Waals surface area contributed by atoms with Crippen LogP contribution in [0.15, 0.2) is 42.6 Å². The maximum absolute atomic E-state index is 11.5. The van der Waals surface area contributed by atoms with Gasteiger partial charge in [-0.1, -0.05) is 37.3 Å². The second-order valence-corrected chi connectivity index (χ2v) is 6.99. The Hall–Kier alpha value is -2.67. The maximum Gasteiger partial charge on any atom is 0.334 e. The Morgan fingerprint density at radius 2 is 2.08 bits per heavy atom. The van der Waals surface area contributed by atoms with Crippen molar-refractivity contribution in [1.29, 1.82) is 0 Å². The minimum atomic E-state index is -0.441. The summed E-state index contributed by atoms with van der Waals surface area (Å²) in [5.74, 6) is 0.393. The molecule has 0 radical (unpaired) electrons. The summed E-state index contributed by atoms with van der Waals surface area (Å²) in [5, 5.41) is 11.5. The zero-order valence-electron chi connectivity index (χ0n) is 15.2. The highest BCUT2D eigenvalue weighted by atomic mass is 16.6. The SMILES string of the molecule is C[C@@H]1CCN(Cc2ccccc2)C[C@@H]1N(C)c1ccnc(N)c1[N+](=O)[O-]. The van der Waals surface area contributed by atoms with Gasteiger partial charge in [0, 0.05) is 32.4 Å². The molecule has 1 aromatic heterocycles. The number of nitrogen functional groups attached to an aromatic ring is 1. The van der Waals surface area contributed by atoms with E-state index in [4.69, 9.17) is 5.73 Å². The van der Waals surface area contributed by atoms with Gasteiger partial charge in [-0.3, -0.25) is 15.0 Å². The molecule has 0 aliphatic carbocycles. The zero-order valence-corrected chi connectivity index (χ0v) is 15.2. The van der Waals surface area contributed by atoms with Crippen molar-refractivity contribution >= 4 is 17.2 Å². The standard InChI is InChI=1S/C19H25N5O2/c1-14-9-11-23(12-15-6-4-3-5-7-15)13-17(14)22(2)16-8-10-21-19(20)18(16)24(25)26/h3-8,10,14,17H,9,11-13H2,1-2H3,(H2,20,21)/t14-,17+/m1/s1. The summed E-state index contributed by atoms with van der Waals surface area (Å²) >= 11 is 0. The molecule has 1 saturated heterocycles. The van der Waals surface area contributed by atoms with Crippen molar-refractivity contribution in [3.05, 3.63) is 58.3 Å². The molecule has 2 atom stereocenters. The number of likely N-dealkylation sites (tertiary alicyclic amines) is 1. The number of rotatable bonds is 5. The number of pyridine rings is 1. The third-order valence-corrected chi connectivity index (χ3v) is 5.24. The molecule has 1 aliphatic rings. The molecule has 138 valence electrons. The number of nitro groups is 1. The predicted molar refractivity (Wildman–Crippen MR) is 103 cm³/mol. The molecule has 2 aromatic rings. The van der Waals surface area contributed by atoms with E-state index in [9.17, 15) is 10.1 Å². The Morgan fingerprint density at radius 1 is 1.35 bits per heavy atom. The average Bonchev–Trinajstić information content (AvgIpc) is 2.63. The van der Waals surface area contributed by atoms with E-state index in [1.165, 1.54) is 11.8 Å². The van der Waals surface area contributed by atoms with Crippen molar-refractivity contribution in [1.82, 2.24) is 9.88 Å². The molecule has 26 heavy (non-hydrogen) atoms. The minimum absolute atomic E-state index is 0.0380. The highest BCUT2D eigenvalue weighted by molar-refractivity contribution is 5.72. The summed E-state index contributed by atoms with van der Waals surface area (Å²) in [6.07, 6.45) is 2.58. The van der Waals surface area contributed by atoms with Gasteiger partial charge in [-0.2, -0.15) is 0 Å². The molecule has 0 bridgehead atoms. The molecule has 0 spiro atoms. The Balaban J connectivity index is 1.81. The van der Waals surface area contributed by atoms with Gasteiger partial charge < -0.3 is 10.6 Å². The Labute approximate surface area is 153 Å². The maximum atomic E-state index is 11.5. The number of hydrogen-bond donors (Lipinski definition) is 1. The largest absolute Gasteiger partial charge is 0.378 e. The lowest BCUT2D eigenvalue weighted by atomic mass is 9.91. The van der Waals surface area contributed by atoms with Crippen LogP contribution in [0.4, 0.5) is 17.2 Å². The van der Waals surface area contributed by atoms with Gasteiger partial charge in [0.15, 0.2) is 0 Å². The summed E-state index contributed by atoms with van der Waals surface area (Å²) in [6.45, 7) is 4.98.